The monoisotopic (exact) mass is 407 g/mol. The quantitative estimate of drug-likeness (QED) is 0.293. The minimum Gasteiger partial charge on any atom is -0.418 e. The maximum Gasteiger partial charge on any atom is 0.673 e. The molecule has 158 valence electrons. The molecule has 0 radical (unpaired) electrons. The van der Waals surface area contributed by atoms with Crippen molar-refractivity contribution in [1.82, 2.24) is 0 Å². The van der Waals surface area contributed by atoms with Crippen molar-refractivity contribution in [2.75, 3.05) is 0 Å². The lowest BCUT2D eigenvalue weighted by atomic mass is 9.77. The van der Waals surface area contributed by atoms with E-state index in [1.54, 1.807) is 0 Å². The van der Waals surface area contributed by atoms with E-state index >= 15 is 0 Å². The fourth-order valence-electron chi connectivity index (χ4n) is 4.38. The second-order valence-electron chi connectivity index (χ2n) is 8.40. The highest BCUT2D eigenvalue weighted by Crippen LogP contribution is 2.43. The molecular formula is C23H30BF4N. The van der Waals surface area contributed by atoms with E-state index in [0.717, 1.165) is 19.3 Å². The highest BCUT2D eigenvalue weighted by Gasteiger charge is 2.50. The van der Waals surface area contributed by atoms with Gasteiger partial charge in [-0.3, -0.25) is 0 Å². The summed E-state index contributed by atoms with van der Waals surface area (Å²) < 4.78 is 41.6. The number of para-hydroxylation sites is 1. The number of hydrogen-bond donors (Lipinski definition) is 0. The Morgan fingerprint density at radius 2 is 1.31 bits per heavy atom. The number of nitrogens with zero attached hydrogens (tertiary/aromatic N) is 1. The van der Waals surface area contributed by atoms with Gasteiger partial charge in [0.25, 0.3) is 0 Å². The number of aryl methyl sites for hydroxylation is 2. The van der Waals surface area contributed by atoms with Crippen LogP contribution in [0.3, 0.4) is 0 Å². The minimum absolute atomic E-state index is 0.0800. The minimum atomic E-state index is -6.00. The van der Waals surface area contributed by atoms with Crippen molar-refractivity contribution in [2.24, 2.45) is 0 Å². The Hall–Kier alpha value is -2.11. The van der Waals surface area contributed by atoms with E-state index in [9.17, 15) is 17.3 Å². The molecule has 2 aromatic carbocycles. The van der Waals surface area contributed by atoms with Crippen molar-refractivity contribution in [2.45, 2.75) is 64.8 Å². The van der Waals surface area contributed by atoms with Crippen LogP contribution < -0.4 is 0 Å². The zero-order valence-corrected chi connectivity index (χ0v) is 17.9. The number of benzene rings is 2. The lowest BCUT2D eigenvalue weighted by Gasteiger charge is -2.23. The summed E-state index contributed by atoms with van der Waals surface area (Å²) in [4.78, 5) is 0. The Kier molecular flexibility index (Phi) is 6.97. The SMILES string of the molecule is CCc1cccc(CC)c1[N+]1=CC(C)(c2ccccc2)CC1(C)C.F[B-](F)(F)F. The molecule has 0 amide bonds. The van der Waals surface area contributed by atoms with Crippen molar-refractivity contribution in [3.05, 3.63) is 65.2 Å². The average Bonchev–Trinajstić information content (AvgIpc) is 2.90. The van der Waals surface area contributed by atoms with Crippen LogP contribution in [0.2, 0.25) is 0 Å². The van der Waals surface area contributed by atoms with Crippen LogP contribution in [0.5, 0.6) is 0 Å². The molecule has 1 aliphatic rings. The first-order valence-electron chi connectivity index (χ1n) is 10.1. The largest absolute Gasteiger partial charge is 0.673 e. The molecule has 0 fully saturated rings. The van der Waals surface area contributed by atoms with E-state index in [0.29, 0.717) is 0 Å². The van der Waals surface area contributed by atoms with Gasteiger partial charge in [0.1, 0.15) is 0 Å². The van der Waals surface area contributed by atoms with Crippen molar-refractivity contribution in [1.29, 1.82) is 0 Å². The molecule has 0 spiro atoms. The highest BCUT2D eigenvalue weighted by atomic mass is 19.5. The summed E-state index contributed by atoms with van der Waals surface area (Å²) in [5, 5.41) is 0. The van der Waals surface area contributed by atoms with Gasteiger partial charge in [-0.2, -0.15) is 4.58 Å². The first-order chi connectivity index (χ1) is 13.4. The third kappa shape index (κ3) is 5.71. The van der Waals surface area contributed by atoms with Crippen molar-refractivity contribution in [3.63, 3.8) is 0 Å². The molecule has 1 unspecified atom stereocenters. The molecule has 29 heavy (non-hydrogen) atoms. The van der Waals surface area contributed by atoms with Crippen LogP contribution in [0.1, 0.15) is 57.7 Å². The zero-order valence-electron chi connectivity index (χ0n) is 17.9. The van der Waals surface area contributed by atoms with Gasteiger partial charge in [0.2, 0.25) is 5.69 Å². The highest BCUT2D eigenvalue weighted by molar-refractivity contribution is 6.50. The van der Waals surface area contributed by atoms with Crippen molar-refractivity contribution < 1.29 is 21.8 Å². The lowest BCUT2D eigenvalue weighted by molar-refractivity contribution is -0.512. The molecule has 1 heterocycles. The summed E-state index contributed by atoms with van der Waals surface area (Å²) >= 11 is 0. The van der Waals surface area contributed by atoms with Crippen LogP contribution in [0, 0.1) is 0 Å². The maximum atomic E-state index is 9.75. The lowest BCUT2D eigenvalue weighted by Crippen LogP contribution is -2.31. The van der Waals surface area contributed by atoms with Gasteiger partial charge in [0.05, 0.1) is 5.41 Å². The normalized spacial score (nSPS) is 20.7. The van der Waals surface area contributed by atoms with Crippen LogP contribution in [-0.2, 0) is 18.3 Å². The molecule has 0 saturated heterocycles. The molecule has 0 saturated carbocycles. The van der Waals surface area contributed by atoms with Crippen LogP contribution >= 0.6 is 0 Å². The van der Waals surface area contributed by atoms with Gasteiger partial charge in [-0.05, 0) is 25.3 Å². The summed E-state index contributed by atoms with van der Waals surface area (Å²) in [5.41, 5.74) is 5.95. The molecule has 0 bridgehead atoms. The van der Waals surface area contributed by atoms with E-state index in [2.05, 4.69) is 93.9 Å². The summed E-state index contributed by atoms with van der Waals surface area (Å²) in [6, 6.07) is 17.7. The van der Waals surface area contributed by atoms with E-state index in [4.69, 9.17) is 0 Å². The van der Waals surface area contributed by atoms with Crippen LogP contribution in [-0.4, -0.2) is 23.6 Å². The summed E-state index contributed by atoms with van der Waals surface area (Å²) in [7, 11) is -6.00. The van der Waals surface area contributed by atoms with Gasteiger partial charge < -0.3 is 17.3 Å². The fourth-order valence-corrected chi connectivity index (χ4v) is 4.38. The Labute approximate surface area is 171 Å². The third-order valence-electron chi connectivity index (χ3n) is 5.51. The van der Waals surface area contributed by atoms with Gasteiger partial charge in [0, 0.05) is 31.4 Å². The van der Waals surface area contributed by atoms with Gasteiger partial charge in [-0.1, -0.05) is 62.4 Å². The second-order valence-corrected chi connectivity index (χ2v) is 8.40. The molecule has 3 rings (SSSR count). The average molecular weight is 407 g/mol. The predicted octanol–water partition coefficient (Wildman–Crippen LogP) is 6.97. The first-order valence-corrected chi connectivity index (χ1v) is 10.1. The molecule has 0 aromatic heterocycles. The summed E-state index contributed by atoms with van der Waals surface area (Å²) in [6.07, 6.45) is 5.76. The summed E-state index contributed by atoms with van der Waals surface area (Å²) in [5.74, 6) is 0. The number of hydrogen-bond acceptors (Lipinski definition) is 0. The van der Waals surface area contributed by atoms with Gasteiger partial charge >= 0.3 is 7.25 Å². The van der Waals surface area contributed by atoms with E-state index in [1.807, 2.05) is 0 Å². The maximum absolute atomic E-state index is 9.75. The van der Waals surface area contributed by atoms with Crippen LogP contribution in [0.25, 0.3) is 0 Å². The van der Waals surface area contributed by atoms with Gasteiger partial charge in [-0.15, -0.1) is 0 Å². The first kappa shape index (κ1) is 23.2. The topological polar surface area (TPSA) is 3.01 Å². The van der Waals surface area contributed by atoms with E-state index in [1.165, 1.54) is 22.4 Å². The fraction of sp³-hybridized carbons (Fsp3) is 0.435. The number of halogens is 4. The van der Waals surface area contributed by atoms with E-state index < -0.39 is 7.25 Å². The number of rotatable bonds is 4. The second kappa shape index (κ2) is 8.72. The molecule has 1 aliphatic heterocycles. The molecule has 0 N–H and O–H groups in total. The predicted molar refractivity (Wildman–Crippen MR) is 114 cm³/mol. The Morgan fingerprint density at radius 1 is 0.828 bits per heavy atom. The Bertz CT molecular complexity index is 831. The zero-order chi connectivity index (χ0) is 21.9. The van der Waals surface area contributed by atoms with Crippen LogP contribution in [0.4, 0.5) is 23.0 Å². The molecule has 1 nitrogen and oxygen atoms in total. The molecule has 6 heteroatoms. The standard InChI is InChI=1S/C23H30N.BF4/c1-6-18-12-11-13-19(7-2)21(18)24-17-23(5,16-22(24,3)4)20-14-9-8-10-15-20;2-1(3,4)5/h8-15,17H,6-7,16H2,1-5H3;/q+1;-1. The van der Waals surface area contributed by atoms with Gasteiger partial charge in [0.15, 0.2) is 11.8 Å². The third-order valence-corrected chi connectivity index (χ3v) is 5.51. The molecule has 1 atom stereocenters. The molecule has 0 aliphatic carbocycles. The smallest absolute Gasteiger partial charge is 0.418 e. The van der Waals surface area contributed by atoms with E-state index in [-0.39, 0.29) is 11.0 Å². The Balaban J connectivity index is 0.000000537. The van der Waals surface area contributed by atoms with Gasteiger partial charge in [-0.25, -0.2) is 0 Å². The van der Waals surface area contributed by atoms with Crippen molar-refractivity contribution in [3.8, 4) is 0 Å². The molecular weight excluding hydrogens is 377 g/mol. The Morgan fingerprint density at radius 3 is 1.76 bits per heavy atom. The van der Waals surface area contributed by atoms with Crippen molar-refractivity contribution >= 4 is 19.2 Å². The molecule has 2 aromatic rings. The van der Waals surface area contributed by atoms with Crippen LogP contribution in [0.15, 0.2) is 48.5 Å². The summed E-state index contributed by atoms with van der Waals surface area (Å²) in [6.45, 7) is 11.7.